The molecule has 0 aliphatic rings. The van der Waals surface area contributed by atoms with Gasteiger partial charge in [-0.1, -0.05) is 6.92 Å². The first-order chi connectivity index (χ1) is 5.58. The summed E-state index contributed by atoms with van der Waals surface area (Å²) in [6.45, 7) is 6.42. The van der Waals surface area contributed by atoms with Gasteiger partial charge in [0.05, 0.1) is 12.7 Å². The van der Waals surface area contributed by atoms with Crippen LogP contribution in [-0.4, -0.2) is 25.3 Å². The molecular weight excluding hydrogens is 152 g/mol. The molecule has 0 aromatic rings. The van der Waals surface area contributed by atoms with E-state index in [4.69, 9.17) is 10.00 Å². The van der Waals surface area contributed by atoms with Gasteiger partial charge in [0.1, 0.15) is 5.54 Å². The number of nitriles is 1. The number of hydrogen-bond acceptors (Lipinski definition) is 3. The van der Waals surface area contributed by atoms with Gasteiger partial charge < -0.3 is 4.74 Å². The Labute approximate surface area is 74.7 Å². The topological polar surface area (TPSA) is 45.0 Å². The molecule has 3 heteroatoms. The molecular formula is C9H18N2O. The summed E-state index contributed by atoms with van der Waals surface area (Å²) in [4.78, 5) is 0. The number of hydrogen-bond donors (Lipinski definition) is 1. The molecule has 0 amide bonds. The zero-order valence-electron chi connectivity index (χ0n) is 8.35. The maximum atomic E-state index is 8.87. The van der Waals surface area contributed by atoms with Crippen LogP contribution in [0.15, 0.2) is 0 Å². The summed E-state index contributed by atoms with van der Waals surface area (Å²) >= 11 is 0. The van der Waals surface area contributed by atoms with Crippen LogP contribution >= 0.6 is 0 Å². The first kappa shape index (κ1) is 11.4. The van der Waals surface area contributed by atoms with E-state index >= 15 is 0 Å². The molecule has 0 radical (unpaired) electrons. The summed E-state index contributed by atoms with van der Waals surface area (Å²) in [6, 6.07) is 2.56. The van der Waals surface area contributed by atoms with Crippen molar-refractivity contribution in [2.45, 2.75) is 38.8 Å². The molecule has 0 aliphatic heterocycles. The van der Waals surface area contributed by atoms with Gasteiger partial charge in [0.15, 0.2) is 0 Å². The number of rotatable bonds is 5. The van der Waals surface area contributed by atoms with Crippen molar-refractivity contribution in [3.05, 3.63) is 0 Å². The van der Waals surface area contributed by atoms with Crippen molar-refractivity contribution in [3.8, 4) is 6.07 Å². The van der Waals surface area contributed by atoms with Crippen LogP contribution < -0.4 is 5.32 Å². The Hall–Kier alpha value is -0.590. The van der Waals surface area contributed by atoms with E-state index in [1.165, 1.54) is 0 Å². The van der Waals surface area contributed by atoms with Crippen LogP contribution in [0.2, 0.25) is 0 Å². The second-order valence-corrected chi connectivity index (χ2v) is 3.33. The van der Waals surface area contributed by atoms with E-state index in [0.717, 1.165) is 6.42 Å². The predicted octanol–water partition coefficient (Wildman–Crippen LogP) is 1.30. The van der Waals surface area contributed by atoms with E-state index in [2.05, 4.69) is 25.2 Å². The molecule has 0 heterocycles. The molecule has 0 aromatic heterocycles. The minimum absolute atomic E-state index is 0.352. The summed E-state index contributed by atoms with van der Waals surface area (Å²) in [5.74, 6) is 0. The van der Waals surface area contributed by atoms with Gasteiger partial charge in [-0.05, 0) is 20.3 Å². The molecule has 0 fully saturated rings. The van der Waals surface area contributed by atoms with Gasteiger partial charge in [-0.2, -0.15) is 5.26 Å². The highest BCUT2D eigenvalue weighted by molar-refractivity contribution is 5.04. The summed E-state index contributed by atoms with van der Waals surface area (Å²) in [6.07, 6.45) is 1.01. The molecule has 0 bridgehead atoms. The van der Waals surface area contributed by atoms with E-state index in [0.29, 0.717) is 12.6 Å². The standard InChI is InChI=1S/C9H18N2O/c1-5-8(2)11-9(3,6-10)7-12-4/h8,11H,5,7H2,1-4H3. The van der Waals surface area contributed by atoms with Crippen molar-refractivity contribution < 1.29 is 4.74 Å². The van der Waals surface area contributed by atoms with E-state index in [-0.39, 0.29) is 0 Å². The largest absolute Gasteiger partial charge is 0.382 e. The lowest BCUT2D eigenvalue weighted by Crippen LogP contribution is -2.49. The molecule has 0 aliphatic carbocycles. The lowest BCUT2D eigenvalue weighted by Gasteiger charge is -2.26. The Morgan fingerprint density at radius 2 is 2.25 bits per heavy atom. The van der Waals surface area contributed by atoms with Crippen molar-refractivity contribution in [3.63, 3.8) is 0 Å². The maximum Gasteiger partial charge on any atom is 0.127 e. The lowest BCUT2D eigenvalue weighted by atomic mass is 10.0. The Balaban J connectivity index is 4.06. The van der Waals surface area contributed by atoms with E-state index in [1.807, 2.05) is 6.92 Å². The molecule has 0 aromatic carbocycles. The summed E-state index contributed by atoms with van der Waals surface area (Å²) < 4.78 is 4.96. The molecule has 0 saturated carbocycles. The zero-order valence-corrected chi connectivity index (χ0v) is 8.35. The second-order valence-electron chi connectivity index (χ2n) is 3.33. The third-order valence-electron chi connectivity index (χ3n) is 1.86. The Kier molecular flexibility index (Phi) is 4.87. The fraction of sp³-hybridized carbons (Fsp3) is 0.889. The lowest BCUT2D eigenvalue weighted by molar-refractivity contribution is 0.139. The third-order valence-corrected chi connectivity index (χ3v) is 1.86. The molecule has 1 N–H and O–H groups in total. The average molecular weight is 170 g/mol. The van der Waals surface area contributed by atoms with Crippen LogP contribution in [0.3, 0.4) is 0 Å². The van der Waals surface area contributed by atoms with Crippen molar-refractivity contribution in [2.24, 2.45) is 0 Å². The number of nitrogens with one attached hydrogen (secondary N) is 1. The molecule has 3 nitrogen and oxygen atoms in total. The summed E-state index contributed by atoms with van der Waals surface area (Å²) in [5.41, 5.74) is -0.551. The number of ether oxygens (including phenoxy) is 1. The highest BCUT2D eigenvalue weighted by Gasteiger charge is 2.24. The minimum atomic E-state index is -0.551. The molecule has 2 unspecified atom stereocenters. The van der Waals surface area contributed by atoms with Crippen molar-refractivity contribution in [1.82, 2.24) is 5.32 Å². The number of methoxy groups -OCH3 is 1. The maximum absolute atomic E-state index is 8.87. The summed E-state index contributed by atoms with van der Waals surface area (Å²) in [5, 5.41) is 12.1. The third kappa shape index (κ3) is 3.70. The van der Waals surface area contributed by atoms with Crippen LogP contribution in [0.4, 0.5) is 0 Å². The van der Waals surface area contributed by atoms with Gasteiger partial charge in [-0.3, -0.25) is 5.32 Å². The van der Waals surface area contributed by atoms with Gasteiger partial charge in [0.2, 0.25) is 0 Å². The SMILES string of the molecule is CCC(C)NC(C)(C#N)COC. The quantitative estimate of drug-likeness (QED) is 0.676. The van der Waals surface area contributed by atoms with Gasteiger partial charge in [-0.25, -0.2) is 0 Å². The zero-order chi connectivity index (χ0) is 9.61. The Bertz CT molecular complexity index is 164. The summed E-state index contributed by atoms with van der Waals surface area (Å²) in [7, 11) is 1.61. The van der Waals surface area contributed by atoms with E-state index < -0.39 is 5.54 Å². The Morgan fingerprint density at radius 3 is 2.58 bits per heavy atom. The first-order valence-electron chi connectivity index (χ1n) is 4.26. The normalized spacial score (nSPS) is 17.9. The van der Waals surface area contributed by atoms with Crippen LogP contribution in [0, 0.1) is 11.3 Å². The molecule has 12 heavy (non-hydrogen) atoms. The molecule has 0 rings (SSSR count). The molecule has 0 spiro atoms. The first-order valence-corrected chi connectivity index (χ1v) is 4.26. The smallest absolute Gasteiger partial charge is 0.127 e. The van der Waals surface area contributed by atoms with Crippen LogP contribution in [0.25, 0.3) is 0 Å². The Morgan fingerprint density at radius 1 is 1.67 bits per heavy atom. The van der Waals surface area contributed by atoms with Gasteiger partial charge in [0.25, 0.3) is 0 Å². The van der Waals surface area contributed by atoms with Crippen molar-refractivity contribution in [2.75, 3.05) is 13.7 Å². The van der Waals surface area contributed by atoms with E-state index in [1.54, 1.807) is 7.11 Å². The van der Waals surface area contributed by atoms with Crippen LogP contribution in [0.1, 0.15) is 27.2 Å². The van der Waals surface area contributed by atoms with Crippen LogP contribution in [0.5, 0.6) is 0 Å². The van der Waals surface area contributed by atoms with Gasteiger partial charge in [0, 0.05) is 13.2 Å². The molecule has 2 atom stereocenters. The number of nitrogens with zero attached hydrogens (tertiary/aromatic N) is 1. The molecule has 70 valence electrons. The van der Waals surface area contributed by atoms with Crippen LogP contribution in [-0.2, 0) is 4.74 Å². The monoisotopic (exact) mass is 170 g/mol. The fourth-order valence-electron chi connectivity index (χ4n) is 1.04. The van der Waals surface area contributed by atoms with Gasteiger partial charge in [-0.15, -0.1) is 0 Å². The average Bonchev–Trinajstić information content (AvgIpc) is 2.05. The van der Waals surface area contributed by atoms with Crippen molar-refractivity contribution >= 4 is 0 Å². The van der Waals surface area contributed by atoms with Gasteiger partial charge >= 0.3 is 0 Å². The fourth-order valence-corrected chi connectivity index (χ4v) is 1.04. The molecule has 0 saturated heterocycles. The highest BCUT2D eigenvalue weighted by Crippen LogP contribution is 2.05. The predicted molar refractivity (Wildman–Crippen MR) is 48.8 cm³/mol. The minimum Gasteiger partial charge on any atom is -0.382 e. The second kappa shape index (κ2) is 5.13. The van der Waals surface area contributed by atoms with Crippen molar-refractivity contribution in [1.29, 1.82) is 5.26 Å². The highest BCUT2D eigenvalue weighted by atomic mass is 16.5. The van der Waals surface area contributed by atoms with E-state index in [9.17, 15) is 0 Å².